The highest BCUT2D eigenvalue weighted by molar-refractivity contribution is 8.18. The molecule has 0 radical (unpaired) electrons. The minimum absolute atomic E-state index is 0.132. The number of thiazole rings is 1. The molecular formula is C18H17N3O4S2. The van der Waals surface area contributed by atoms with Crippen molar-refractivity contribution in [1.29, 1.82) is 0 Å². The van der Waals surface area contributed by atoms with Crippen LogP contribution in [0.15, 0.2) is 45.7 Å². The Balaban J connectivity index is 1.74. The molecule has 0 bridgehead atoms. The molecule has 1 aromatic carbocycles. The van der Waals surface area contributed by atoms with Gasteiger partial charge in [-0.2, -0.15) is 4.99 Å². The number of aliphatic imine (C=N–C) groups is 1. The van der Waals surface area contributed by atoms with E-state index in [0.717, 1.165) is 5.56 Å². The van der Waals surface area contributed by atoms with Gasteiger partial charge in [0.15, 0.2) is 11.3 Å². The van der Waals surface area contributed by atoms with Crippen molar-refractivity contribution in [2.24, 2.45) is 4.99 Å². The maximum Gasteiger partial charge on any atom is 0.344 e. The number of benzene rings is 1. The fourth-order valence-electron chi connectivity index (χ4n) is 2.27. The number of amidine groups is 1. The van der Waals surface area contributed by atoms with Crippen LogP contribution in [0.4, 0.5) is 5.13 Å². The first-order valence-corrected chi connectivity index (χ1v) is 9.83. The molecule has 1 saturated heterocycles. The molecule has 0 aliphatic carbocycles. The monoisotopic (exact) mass is 403 g/mol. The second-order valence-corrected chi connectivity index (χ2v) is 7.49. The highest BCUT2D eigenvalue weighted by atomic mass is 32.2. The summed E-state index contributed by atoms with van der Waals surface area (Å²) in [6.45, 7) is 1.75. The van der Waals surface area contributed by atoms with Gasteiger partial charge in [-0.25, -0.2) is 9.78 Å². The zero-order valence-electron chi connectivity index (χ0n) is 14.7. The molecule has 1 atom stereocenters. The summed E-state index contributed by atoms with van der Waals surface area (Å²) in [5.41, 5.74) is 0.811. The maximum absolute atomic E-state index is 12.4. The summed E-state index contributed by atoms with van der Waals surface area (Å²) in [5.74, 6) is -0.653. The Morgan fingerprint density at radius 1 is 1.41 bits per heavy atom. The number of carboxylic acids is 1. The van der Waals surface area contributed by atoms with Crippen LogP contribution < -0.4 is 4.74 Å². The Morgan fingerprint density at radius 2 is 2.15 bits per heavy atom. The molecule has 7 nitrogen and oxygen atoms in total. The van der Waals surface area contributed by atoms with Gasteiger partial charge in [0, 0.05) is 18.6 Å². The number of carboxylic acid groups (broad SMARTS) is 1. The van der Waals surface area contributed by atoms with Gasteiger partial charge in [-0.1, -0.05) is 19.1 Å². The summed E-state index contributed by atoms with van der Waals surface area (Å²) in [5, 5.41) is 12.1. The van der Waals surface area contributed by atoms with Crippen LogP contribution in [0.5, 0.6) is 5.75 Å². The van der Waals surface area contributed by atoms with Gasteiger partial charge in [0.05, 0.1) is 4.91 Å². The zero-order valence-corrected chi connectivity index (χ0v) is 16.3. The van der Waals surface area contributed by atoms with Crippen molar-refractivity contribution < 1.29 is 19.4 Å². The number of thioether (sulfide) groups is 1. The first-order chi connectivity index (χ1) is 13.0. The third kappa shape index (κ3) is 4.55. The van der Waals surface area contributed by atoms with Crippen molar-refractivity contribution in [1.82, 2.24) is 9.88 Å². The summed E-state index contributed by atoms with van der Waals surface area (Å²) < 4.78 is 5.44. The lowest BCUT2D eigenvalue weighted by Gasteiger charge is -2.13. The van der Waals surface area contributed by atoms with Crippen molar-refractivity contribution in [3.05, 3.63) is 46.3 Å². The maximum atomic E-state index is 12.4. The Morgan fingerprint density at radius 3 is 2.74 bits per heavy atom. The molecule has 2 heterocycles. The van der Waals surface area contributed by atoms with Crippen LogP contribution in [-0.4, -0.2) is 45.2 Å². The second-order valence-electron chi connectivity index (χ2n) is 5.61. The Hall–Kier alpha value is -2.65. The minimum Gasteiger partial charge on any atom is -0.479 e. The molecule has 1 fully saturated rings. The molecule has 1 aromatic heterocycles. The lowest BCUT2D eigenvalue weighted by Crippen LogP contribution is -2.25. The number of ether oxygens (including phenoxy) is 1. The normalized spacial score (nSPS) is 18.3. The van der Waals surface area contributed by atoms with Gasteiger partial charge in [-0.15, -0.1) is 11.3 Å². The van der Waals surface area contributed by atoms with Crippen molar-refractivity contribution in [2.75, 3.05) is 7.05 Å². The summed E-state index contributed by atoms with van der Waals surface area (Å²) >= 11 is 2.69. The highest BCUT2D eigenvalue weighted by Gasteiger charge is 2.30. The molecule has 2 aromatic rings. The molecule has 0 spiro atoms. The molecule has 9 heteroatoms. The number of carbonyl (C=O) groups is 2. The Kier molecular flexibility index (Phi) is 5.92. The van der Waals surface area contributed by atoms with E-state index in [1.807, 2.05) is 5.38 Å². The molecule has 140 valence electrons. The number of aromatic nitrogens is 1. The summed E-state index contributed by atoms with van der Waals surface area (Å²) in [4.78, 5) is 34.0. The molecular weight excluding hydrogens is 386 g/mol. The van der Waals surface area contributed by atoms with Crippen LogP contribution in [-0.2, 0) is 9.59 Å². The number of hydrogen-bond donors (Lipinski definition) is 1. The predicted molar refractivity (Wildman–Crippen MR) is 106 cm³/mol. The molecule has 0 saturated carbocycles. The van der Waals surface area contributed by atoms with E-state index >= 15 is 0 Å². The number of likely N-dealkylation sites (N-methyl/N-ethyl adjacent to an activating group) is 1. The van der Waals surface area contributed by atoms with Crippen LogP contribution in [0, 0.1) is 0 Å². The first kappa shape index (κ1) is 19.1. The number of nitrogens with zero attached hydrogens (tertiary/aromatic N) is 3. The number of rotatable bonds is 6. The highest BCUT2D eigenvalue weighted by Crippen LogP contribution is 2.33. The van der Waals surface area contributed by atoms with E-state index in [1.54, 1.807) is 50.5 Å². The Labute approximate surface area is 164 Å². The van der Waals surface area contributed by atoms with E-state index in [4.69, 9.17) is 9.84 Å². The largest absolute Gasteiger partial charge is 0.479 e. The molecule has 1 unspecified atom stereocenters. The van der Waals surface area contributed by atoms with E-state index in [1.165, 1.54) is 28.0 Å². The van der Waals surface area contributed by atoms with Crippen molar-refractivity contribution in [3.63, 3.8) is 0 Å². The van der Waals surface area contributed by atoms with Gasteiger partial charge < -0.3 is 9.84 Å². The van der Waals surface area contributed by atoms with Gasteiger partial charge in [-0.05, 0) is 42.0 Å². The van der Waals surface area contributed by atoms with Crippen LogP contribution in [0.25, 0.3) is 6.08 Å². The third-order valence-electron chi connectivity index (χ3n) is 3.72. The molecule has 1 aliphatic heterocycles. The standard InChI is InChI=1S/C18H17N3O4S2/c1-3-13(16(23)24)25-12-6-4-11(5-7-12)10-14-15(22)21(2)18(27-14)20-17-19-8-9-26-17/h4-10,13H,3H2,1-2H3,(H,23,24)/b14-10+,20-18+. The van der Waals surface area contributed by atoms with Gasteiger partial charge in [-0.3, -0.25) is 9.69 Å². The van der Waals surface area contributed by atoms with Gasteiger partial charge in [0.1, 0.15) is 5.75 Å². The fraction of sp³-hybridized carbons (Fsp3) is 0.222. The van der Waals surface area contributed by atoms with E-state index in [-0.39, 0.29) is 5.91 Å². The van der Waals surface area contributed by atoms with Gasteiger partial charge in [0.2, 0.25) is 5.13 Å². The predicted octanol–water partition coefficient (Wildman–Crippen LogP) is 3.62. The molecule has 1 aliphatic rings. The lowest BCUT2D eigenvalue weighted by molar-refractivity contribution is -0.145. The quantitative estimate of drug-likeness (QED) is 0.741. The summed E-state index contributed by atoms with van der Waals surface area (Å²) in [7, 11) is 1.68. The second kappa shape index (κ2) is 8.36. The Bertz CT molecular complexity index is 892. The van der Waals surface area contributed by atoms with Crippen molar-refractivity contribution >= 4 is 51.4 Å². The SMILES string of the molecule is CCC(Oc1ccc(/C=C2/S/C(=N/c3nccs3)N(C)C2=O)cc1)C(=O)O. The van der Waals surface area contributed by atoms with Crippen LogP contribution >= 0.6 is 23.1 Å². The van der Waals surface area contributed by atoms with Crippen LogP contribution in [0.2, 0.25) is 0 Å². The summed E-state index contributed by atoms with van der Waals surface area (Å²) in [6.07, 6.45) is 2.94. The van der Waals surface area contributed by atoms with Gasteiger partial charge in [0.25, 0.3) is 5.91 Å². The van der Waals surface area contributed by atoms with Crippen LogP contribution in [0.3, 0.4) is 0 Å². The fourth-order valence-corrected chi connectivity index (χ4v) is 3.80. The van der Waals surface area contributed by atoms with E-state index in [0.29, 0.717) is 27.4 Å². The number of aliphatic carboxylic acids is 1. The van der Waals surface area contributed by atoms with Gasteiger partial charge >= 0.3 is 5.97 Å². The third-order valence-corrected chi connectivity index (χ3v) is 5.44. The number of amides is 1. The van der Waals surface area contributed by atoms with Crippen molar-refractivity contribution in [3.8, 4) is 5.75 Å². The molecule has 27 heavy (non-hydrogen) atoms. The average Bonchev–Trinajstić information content (AvgIpc) is 3.25. The average molecular weight is 403 g/mol. The first-order valence-electron chi connectivity index (χ1n) is 8.13. The van der Waals surface area contributed by atoms with E-state index in [2.05, 4.69) is 9.98 Å². The number of hydrogen-bond acceptors (Lipinski definition) is 7. The van der Waals surface area contributed by atoms with E-state index in [9.17, 15) is 9.59 Å². The zero-order chi connectivity index (χ0) is 19.4. The summed E-state index contributed by atoms with van der Waals surface area (Å²) in [6, 6.07) is 6.94. The van der Waals surface area contributed by atoms with Crippen LogP contribution in [0.1, 0.15) is 18.9 Å². The topological polar surface area (TPSA) is 92.1 Å². The smallest absolute Gasteiger partial charge is 0.344 e. The number of carbonyl (C=O) groups excluding carboxylic acids is 1. The van der Waals surface area contributed by atoms with E-state index < -0.39 is 12.1 Å². The molecule has 1 N–H and O–H groups in total. The lowest BCUT2D eigenvalue weighted by atomic mass is 10.2. The van der Waals surface area contributed by atoms with Crippen molar-refractivity contribution in [2.45, 2.75) is 19.4 Å². The molecule has 3 rings (SSSR count). The minimum atomic E-state index is -0.994. The molecule has 1 amide bonds.